The van der Waals surface area contributed by atoms with Gasteiger partial charge in [-0.25, -0.2) is 14.6 Å². The maximum Gasteiger partial charge on any atom is 0.184 e. The van der Waals surface area contributed by atoms with E-state index in [-0.39, 0.29) is 12.3 Å². The number of thiazole rings is 1. The summed E-state index contributed by atoms with van der Waals surface area (Å²) < 4.78 is 26.7. The van der Waals surface area contributed by atoms with E-state index in [2.05, 4.69) is 26.3 Å². The van der Waals surface area contributed by atoms with Gasteiger partial charge in [-0.2, -0.15) is 5.26 Å². The number of halogens is 1. The lowest BCUT2D eigenvalue weighted by atomic mass is 9.74. The second-order valence-corrected chi connectivity index (χ2v) is 10.8. The minimum absolute atomic E-state index is 0.115. The molecular formula is C25H22ClN7O4S2. The van der Waals surface area contributed by atoms with E-state index in [1.165, 1.54) is 24.6 Å². The molecule has 0 spiro atoms. The number of nitriles is 1. The van der Waals surface area contributed by atoms with E-state index in [1.807, 2.05) is 30.3 Å². The molecule has 200 valence electrons. The van der Waals surface area contributed by atoms with Crippen LogP contribution in [-0.2, 0) is 24.5 Å². The van der Waals surface area contributed by atoms with Crippen molar-refractivity contribution < 1.29 is 18.9 Å². The number of benzene rings is 1. The third kappa shape index (κ3) is 4.38. The highest BCUT2D eigenvalue weighted by atomic mass is 35.5. The van der Waals surface area contributed by atoms with Crippen molar-refractivity contribution in [3.63, 3.8) is 0 Å². The Kier molecular flexibility index (Phi) is 7.02. The molecule has 0 bridgehead atoms. The molecular weight excluding hydrogens is 562 g/mol. The van der Waals surface area contributed by atoms with Gasteiger partial charge in [-0.3, -0.25) is 0 Å². The van der Waals surface area contributed by atoms with E-state index in [0.29, 0.717) is 27.1 Å². The van der Waals surface area contributed by atoms with Crippen LogP contribution in [0, 0.1) is 11.3 Å². The van der Waals surface area contributed by atoms with Crippen molar-refractivity contribution in [2.75, 3.05) is 19.5 Å². The lowest BCUT2D eigenvalue weighted by Gasteiger charge is -2.55. The van der Waals surface area contributed by atoms with Gasteiger partial charge in [0.05, 0.1) is 17.8 Å². The molecule has 2 saturated heterocycles. The molecule has 39 heavy (non-hydrogen) atoms. The minimum Gasteiger partial charge on any atom is -0.375 e. The average molecular weight is 584 g/mol. The van der Waals surface area contributed by atoms with Crippen molar-refractivity contribution in [1.82, 2.24) is 25.0 Å². The Bertz CT molecular complexity index is 1530. The van der Waals surface area contributed by atoms with Gasteiger partial charge >= 0.3 is 0 Å². The van der Waals surface area contributed by atoms with E-state index in [1.54, 1.807) is 22.3 Å². The summed E-state index contributed by atoms with van der Waals surface area (Å²) in [7, 11) is 1.53. The Morgan fingerprint density at radius 3 is 2.82 bits per heavy atom. The van der Waals surface area contributed by atoms with Gasteiger partial charge in [-0.15, -0.1) is 29.1 Å². The molecule has 11 nitrogen and oxygen atoms in total. The van der Waals surface area contributed by atoms with E-state index >= 15 is 0 Å². The van der Waals surface area contributed by atoms with Crippen LogP contribution >= 0.6 is 35.6 Å². The van der Waals surface area contributed by atoms with Gasteiger partial charge in [-0.05, 0) is 6.07 Å². The first-order valence-electron chi connectivity index (χ1n) is 11.8. The Morgan fingerprint density at radius 1 is 1.28 bits per heavy atom. The number of rotatable bonds is 5. The maximum atomic E-state index is 10.2. The molecule has 2 unspecified atom stereocenters. The van der Waals surface area contributed by atoms with Gasteiger partial charge in [0.25, 0.3) is 0 Å². The number of fused-ring (bicyclic) bond motifs is 1. The highest BCUT2D eigenvalue weighted by Crippen LogP contribution is 2.49. The summed E-state index contributed by atoms with van der Waals surface area (Å²) >= 11 is 12.5. The first-order chi connectivity index (χ1) is 18.9. The fourth-order valence-corrected chi connectivity index (χ4v) is 6.45. The summed E-state index contributed by atoms with van der Waals surface area (Å²) in [6.45, 7) is 0.180. The number of nitrogen functional groups attached to an aromatic ring is 1. The van der Waals surface area contributed by atoms with Crippen LogP contribution in [0.4, 0.5) is 5.13 Å². The average Bonchev–Trinajstić information content (AvgIpc) is 3.62. The zero-order valence-electron chi connectivity index (χ0n) is 20.4. The van der Waals surface area contributed by atoms with Gasteiger partial charge in [0.2, 0.25) is 0 Å². The summed E-state index contributed by atoms with van der Waals surface area (Å²) in [4.78, 5) is 8.67. The van der Waals surface area contributed by atoms with E-state index in [4.69, 9.17) is 48.9 Å². The minimum atomic E-state index is -1.36. The van der Waals surface area contributed by atoms with E-state index in [0.717, 1.165) is 5.56 Å². The second-order valence-electron chi connectivity index (χ2n) is 8.96. The fourth-order valence-electron chi connectivity index (χ4n) is 5.23. The molecule has 0 saturated carbocycles. The van der Waals surface area contributed by atoms with Crippen LogP contribution < -0.4 is 5.73 Å². The molecule has 2 fully saturated rings. The summed E-state index contributed by atoms with van der Waals surface area (Å²) in [6.07, 6.45) is 0.139. The number of nitrogens with two attached hydrogens (primary N) is 1. The van der Waals surface area contributed by atoms with E-state index in [9.17, 15) is 5.26 Å². The topological polar surface area (TPSA) is 143 Å². The number of thiol groups is 1. The number of hydrogen-bond acceptors (Lipinski definition) is 12. The molecule has 5 heterocycles. The molecule has 2 aliphatic rings. The first kappa shape index (κ1) is 26.1. The maximum absolute atomic E-state index is 10.2. The third-order valence-electron chi connectivity index (χ3n) is 6.83. The SMILES string of the molecule is CO[C@H]1[C@@H](S)O[C@@H]2COC(c3ccccc3)O[C@@H]2C1(c1cc(Cl)cnc1C#N)n1cc(-c2csc(N)n2)nn1. The number of pyridine rings is 1. The Labute approximate surface area is 237 Å². The number of anilines is 1. The molecule has 3 aromatic heterocycles. The number of hydrogen-bond donors (Lipinski definition) is 2. The molecule has 4 aromatic rings. The predicted octanol–water partition coefficient (Wildman–Crippen LogP) is 3.43. The van der Waals surface area contributed by atoms with Crippen LogP contribution in [0.2, 0.25) is 5.02 Å². The molecule has 0 aliphatic carbocycles. The summed E-state index contributed by atoms with van der Waals surface area (Å²) in [5, 5.41) is 21.6. The lowest BCUT2D eigenvalue weighted by Crippen LogP contribution is -2.70. The fraction of sp³-hybridized carbons (Fsp3) is 0.320. The smallest absolute Gasteiger partial charge is 0.184 e. The largest absolute Gasteiger partial charge is 0.375 e. The molecule has 0 amide bonds. The van der Waals surface area contributed by atoms with E-state index < -0.39 is 35.6 Å². The van der Waals surface area contributed by atoms with Crippen molar-refractivity contribution in [1.29, 1.82) is 5.26 Å². The molecule has 6 rings (SSSR count). The van der Waals surface area contributed by atoms with Gasteiger partial charge in [0.15, 0.2) is 17.0 Å². The van der Waals surface area contributed by atoms with Crippen LogP contribution in [0.1, 0.15) is 23.1 Å². The molecule has 2 aliphatic heterocycles. The summed E-state index contributed by atoms with van der Waals surface area (Å²) in [5.41, 5.74) is 6.10. The molecule has 6 atom stereocenters. The van der Waals surface area contributed by atoms with Crippen LogP contribution in [-0.4, -0.2) is 62.4 Å². The molecule has 0 radical (unpaired) electrons. The van der Waals surface area contributed by atoms with Crippen molar-refractivity contribution in [3.05, 3.63) is 76.0 Å². The number of ether oxygens (including phenoxy) is 4. The van der Waals surface area contributed by atoms with Crippen molar-refractivity contribution >= 4 is 40.7 Å². The Balaban J connectivity index is 1.60. The third-order valence-corrected chi connectivity index (χ3v) is 8.11. The molecule has 2 N–H and O–H groups in total. The molecule has 14 heteroatoms. The predicted molar refractivity (Wildman–Crippen MR) is 145 cm³/mol. The Hall–Kier alpha value is -3.09. The lowest BCUT2D eigenvalue weighted by molar-refractivity contribution is -0.323. The van der Waals surface area contributed by atoms with Gasteiger partial charge < -0.3 is 24.7 Å². The first-order valence-corrected chi connectivity index (χ1v) is 13.6. The van der Waals surface area contributed by atoms with Gasteiger partial charge in [-0.1, -0.05) is 47.1 Å². The molecule has 1 aromatic carbocycles. The quantitative estimate of drug-likeness (QED) is 0.335. The van der Waals surface area contributed by atoms with Gasteiger partial charge in [0.1, 0.15) is 46.9 Å². The van der Waals surface area contributed by atoms with Crippen molar-refractivity contribution in [3.8, 4) is 17.5 Å². The number of methoxy groups -OCH3 is 1. The zero-order valence-corrected chi connectivity index (χ0v) is 22.9. The summed E-state index contributed by atoms with van der Waals surface area (Å²) in [5.74, 6) is 0. The van der Waals surface area contributed by atoms with Crippen LogP contribution in [0.25, 0.3) is 11.4 Å². The summed E-state index contributed by atoms with van der Waals surface area (Å²) in [6, 6.07) is 13.4. The second kappa shape index (κ2) is 10.5. The van der Waals surface area contributed by atoms with Crippen LogP contribution in [0.3, 0.4) is 0 Å². The normalized spacial score (nSPS) is 28.5. The van der Waals surface area contributed by atoms with Crippen LogP contribution in [0.15, 0.2) is 54.2 Å². The number of aromatic nitrogens is 5. The number of nitrogens with zero attached hydrogens (tertiary/aromatic N) is 6. The highest BCUT2D eigenvalue weighted by molar-refractivity contribution is 7.80. The zero-order chi connectivity index (χ0) is 27.1. The monoisotopic (exact) mass is 583 g/mol. The van der Waals surface area contributed by atoms with Crippen molar-refractivity contribution in [2.45, 2.75) is 35.6 Å². The van der Waals surface area contributed by atoms with Crippen molar-refractivity contribution in [2.24, 2.45) is 0 Å². The van der Waals surface area contributed by atoms with Crippen LogP contribution in [0.5, 0.6) is 0 Å². The Morgan fingerprint density at radius 2 is 2.10 bits per heavy atom. The standard InChI is InChI=1S/C25H22ClN7O4S2/c1-34-21-23(38)36-19-11-35-22(13-5-3-2-4-6-13)37-20(19)25(21,15-7-14(26)9-29-16(15)8-27)33-10-17(31-32-33)18-12-39-24(28)30-18/h2-7,9-10,12,19-23,38H,11H2,1H3,(H2,28,30)/t19-,20+,21+,22?,23-,25?/m1/s1. The van der Waals surface area contributed by atoms with Gasteiger partial charge in [0, 0.05) is 29.8 Å². The highest BCUT2D eigenvalue weighted by Gasteiger charge is 2.63.